The fourth-order valence-electron chi connectivity index (χ4n) is 2.25. The zero-order valence-corrected chi connectivity index (χ0v) is 11.2. The number of amides is 1. The highest BCUT2D eigenvalue weighted by Crippen LogP contribution is 2.10. The zero-order valence-electron chi connectivity index (χ0n) is 11.2. The Hall–Kier alpha value is -1.46. The third-order valence-electron chi connectivity index (χ3n) is 3.37. The Morgan fingerprint density at radius 2 is 2.42 bits per heavy atom. The number of hydrogen-bond acceptors (Lipinski definition) is 3. The SMILES string of the molecule is CC1CNCCN1CCC(=O)Nc1cccc(F)c1. The van der Waals surface area contributed by atoms with E-state index in [1.165, 1.54) is 12.1 Å². The molecule has 1 unspecified atom stereocenters. The summed E-state index contributed by atoms with van der Waals surface area (Å²) >= 11 is 0. The summed E-state index contributed by atoms with van der Waals surface area (Å²) in [5.74, 6) is -0.412. The molecule has 0 spiro atoms. The Bertz CT molecular complexity index is 438. The minimum Gasteiger partial charge on any atom is -0.326 e. The third-order valence-corrected chi connectivity index (χ3v) is 3.37. The molecule has 1 amide bonds. The van der Waals surface area contributed by atoms with Gasteiger partial charge in [-0.15, -0.1) is 0 Å². The fourth-order valence-corrected chi connectivity index (χ4v) is 2.25. The minimum absolute atomic E-state index is 0.0728. The Balaban J connectivity index is 1.78. The van der Waals surface area contributed by atoms with Crippen molar-refractivity contribution < 1.29 is 9.18 Å². The van der Waals surface area contributed by atoms with Gasteiger partial charge in [0.25, 0.3) is 0 Å². The maximum Gasteiger partial charge on any atom is 0.225 e. The highest BCUT2D eigenvalue weighted by atomic mass is 19.1. The van der Waals surface area contributed by atoms with Crippen LogP contribution in [-0.4, -0.2) is 43.0 Å². The lowest BCUT2D eigenvalue weighted by Gasteiger charge is -2.33. The molecule has 1 saturated heterocycles. The second-order valence-corrected chi connectivity index (χ2v) is 4.90. The molecule has 1 aromatic rings. The zero-order chi connectivity index (χ0) is 13.7. The van der Waals surface area contributed by atoms with Crippen molar-refractivity contribution in [1.29, 1.82) is 0 Å². The number of carbonyl (C=O) groups is 1. The minimum atomic E-state index is -0.339. The fraction of sp³-hybridized carbons (Fsp3) is 0.500. The first kappa shape index (κ1) is 14.0. The van der Waals surface area contributed by atoms with Gasteiger partial charge in [0.1, 0.15) is 5.82 Å². The van der Waals surface area contributed by atoms with Crippen molar-refractivity contribution in [2.24, 2.45) is 0 Å². The van der Waals surface area contributed by atoms with Gasteiger partial charge in [-0.05, 0) is 25.1 Å². The number of anilines is 1. The van der Waals surface area contributed by atoms with E-state index in [0.717, 1.165) is 26.2 Å². The summed E-state index contributed by atoms with van der Waals surface area (Å²) < 4.78 is 13.0. The molecule has 1 fully saturated rings. The Kier molecular flexibility index (Phi) is 4.87. The second-order valence-electron chi connectivity index (χ2n) is 4.90. The van der Waals surface area contributed by atoms with Crippen molar-refractivity contribution in [1.82, 2.24) is 10.2 Å². The van der Waals surface area contributed by atoms with Gasteiger partial charge in [-0.1, -0.05) is 6.07 Å². The Morgan fingerprint density at radius 3 is 3.16 bits per heavy atom. The molecule has 1 aromatic carbocycles. The van der Waals surface area contributed by atoms with E-state index in [-0.39, 0.29) is 11.7 Å². The molecule has 19 heavy (non-hydrogen) atoms. The topological polar surface area (TPSA) is 44.4 Å². The largest absolute Gasteiger partial charge is 0.326 e. The van der Waals surface area contributed by atoms with Crippen LogP contribution in [0.15, 0.2) is 24.3 Å². The average Bonchev–Trinajstić information content (AvgIpc) is 2.38. The van der Waals surface area contributed by atoms with E-state index in [1.54, 1.807) is 12.1 Å². The first-order chi connectivity index (χ1) is 9.15. The van der Waals surface area contributed by atoms with E-state index in [0.29, 0.717) is 18.2 Å². The second kappa shape index (κ2) is 6.63. The molecule has 2 N–H and O–H groups in total. The van der Waals surface area contributed by atoms with Crippen LogP contribution in [-0.2, 0) is 4.79 Å². The normalized spacial score (nSPS) is 20.2. The van der Waals surface area contributed by atoms with E-state index in [4.69, 9.17) is 0 Å². The average molecular weight is 265 g/mol. The van der Waals surface area contributed by atoms with E-state index in [2.05, 4.69) is 22.5 Å². The van der Waals surface area contributed by atoms with Crippen LogP contribution in [0.5, 0.6) is 0 Å². The van der Waals surface area contributed by atoms with Crippen molar-refractivity contribution in [3.63, 3.8) is 0 Å². The molecule has 5 heteroatoms. The summed E-state index contributed by atoms with van der Waals surface area (Å²) in [4.78, 5) is 14.1. The standard InChI is InChI=1S/C14H20FN3O/c1-11-10-16-6-8-18(11)7-5-14(19)17-13-4-2-3-12(15)9-13/h2-4,9,11,16H,5-8,10H2,1H3,(H,17,19). The van der Waals surface area contributed by atoms with Crippen molar-refractivity contribution in [2.75, 3.05) is 31.5 Å². The van der Waals surface area contributed by atoms with Gasteiger partial charge in [0.15, 0.2) is 0 Å². The lowest BCUT2D eigenvalue weighted by atomic mass is 10.2. The summed E-state index contributed by atoms with van der Waals surface area (Å²) in [6, 6.07) is 6.41. The van der Waals surface area contributed by atoms with Crippen LogP contribution in [0.1, 0.15) is 13.3 Å². The van der Waals surface area contributed by atoms with E-state index < -0.39 is 0 Å². The third kappa shape index (κ3) is 4.29. The van der Waals surface area contributed by atoms with Gasteiger partial charge in [0.2, 0.25) is 5.91 Å². The Morgan fingerprint density at radius 1 is 1.58 bits per heavy atom. The molecule has 2 rings (SSSR count). The molecule has 0 saturated carbocycles. The van der Waals surface area contributed by atoms with Crippen LogP contribution in [0.25, 0.3) is 0 Å². The van der Waals surface area contributed by atoms with E-state index >= 15 is 0 Å². The van der Waals surface area contributed by atoms with Gasteiger partial charge in [-0.3, -0.25) is 9.69 Å². The summed E-state index contributed by atoms with van der Waals surface area (Å²) in [5.41, 5.74) is 0.512. The molecule has 104 valence electrons. The van der Waals surface area contributed by atoms with Gasteiger partial charge in [-0.25, -0.2) is 4.39 Å². The smallest absolute Gasteiger partial charge is 0.225 e. The monoisotopic (exact) mass is 265 g/mol. The predicted molar refractivity (Wildman–Crippen MR) is 73.6 cm³/mol. The lowest BCUT2D eigenvalue weighted by Crippen LogP contribution is -2.50. The summed E-state index contributed by atoms with van der Waals surface area (Å²) in [6.45, 7) is 5.79. The van der Waals surface area contributed by atoms with Gasteiger partial charge in [0.05, 0.1) is 0 Å². The van der Waals surface area contributed by atoms with Crippen LogP contribution < -0.4 is 10.6 Å². The number of rotatable bonds is 4. The maximum atomic E-state index is 13.0. The highest BCUT2D eigenvalue weighted by Gasteiger charge is 2.18. The van der Waals surface area contributed by atoms with Crippen molar-refractivity contribution >= 4 is 11.6 Å². The number of carbonyl (C=O) groups excluding carboxylic acids is 1. The van der Waals surface area contributed by atoms with Crippen LogP contribution in [0.3, 0.4) is 0 Å². The molecule has 1 aliphatic rings. The summed E-state index contributed by atoms with van der Waals surface area (Å²) in [7, 11) is 0. The lowest BCUT2D eigenvalue weighted by molar-refractivity contribution is -0.116. The highest BCUT2D eigenvalue weighted by molar-refractivity contribution is 5.90. The molecule has 4 nitrogen and oxygen atoms in total. The molecule has 1 atom stereocenters. The summed E-state index contributed by atoms with van der Waals surface area (Å²) in [5, 5.41) is 6.03. The van der Waals surface area contributed by atoms with E-state index in [9.17, 15) is 9.18 Å². The van der Waals surface area contributed by atoms with Gasteiger partial charge >= 0.3 is 0 Å². The first-order valence-electron chi connectivity index (χ1n) is 6.65. The number of hydrogen-bond donors (Lipinski definition) is 2. The maximum absolute atomic E-state index is 13.0. The number of nitrogens with zero attached hydrogens (tertiary/aromatic N) is 1. The van der Waals surface area contributed by atoms with Crippen molar-refractivity contribution in [2.45, 2.75) is 19.4 Å². The van der Waals surface area contributed by atoms with Crippen LogP contribution in [0.4, 0.5) is 10.1 Å². The van der Waals surface area contributed by atoms with Gasteiger partial charge < -0.3 is 10.6 Å². The molecule has 1 heterocycles. The van der Waals surface area contributed by atoms with Crippen molar-refractivity contribution in [3.05, 3.63) is 30.1 Å². The quantitative estimate of drug-likeness (QED) is 0.866. The molecule has 0 aromatic heterocycles. The first-order valence-corrected chi connectivity index (χ1v) is 6.65. The van der Waals surface area contributed by atoms with Gasteiger partial charge in [0, 0.05) is 44.3 Å². The predicted octanol–water partition coefficient (Wildman–Crippen LogP) is 1.45. The van der Waals surface area contributed by atoms with Crippen LogP contribution in [0, 0.1) is 5.82 Å². The van der Waals surface area contributed by atoms with Crippen molar-refractivity contribution in [3.8, 4) is 0 Å². The molecule has 0 bridgehead atoms. The van der Waals surface area contributed by atoms with Crippen LogP contribution >= 0.6 is 0 Å². The van der Waals surface area contributed by atoms with E-state index in [1.807, 2.05) is 0 Å². The molecular formula is C14H20FN3O. The molecule has 0 aliphatic carbocycles. The Labute approximate surface area is 113 Å². The number of benzene rings is 1. The summed E-state index contributed by atoms with van der Waals surface area (Å²) in [6.07, 6.45) is 0.431. The number of nitrogens with one attached hydrogen (secondary N) is 2. The number of piperazine rings is 1. The molecule has 1 aliphatic heterocycles. The molecule has 0 radical (unpaired) electrons. The van der Waals surface area contributed by atoms with Crippen LogP contribution in [0.2, 0.25) is 0 Å². The van der Waals surface area contributed by atoms with Gasteiger partial charge in [-0.2, -0.15) is 0 Å². The molecular weight excluding hydrogens is 245 g/mol. The number of halogens is 1.